The summed E-state index contributed by atoms with van der Waals surface area (Å²) >= 11 is 21.5. The lowest BCUT2D eigenvalue weighted by Crippen LogP contribution is -2.41. The number of carbonyl (C=O) groups excluding carboxylic acids is 3. The molecule has 1 aromatic carbocycles. The highest BCUT2D eigenvalue weighted by molar-refractivity contribution is 14.1. The maximum absolute atomic E-state index is 11.9. The molecule has 23 heavy (non-hydrogen) atoms. The Kier molecular flexibility index (Phi) is 7.39. The number of ether oxygens (including phenoxy) is 1. The normalized spacial score (nSPS) is 10.9. The number of amides is 3. The zero-order valence-corrected chi connectivity index (χ0v) is 17.6. The average molecular weight is 558 g/mol. The van der Waals surface area contributed by atoms with E-state index in [1.165, 1.54) is 13.2 Å². The molecule has 1 rings (SSSR count). The van der Waals surface area contributed by atoms with Gasteiger partial charge in [0.05, 0.1) is 18.4 Å². The number of urea groups is 1. The Hall–Kier alpha value is -0.290. The molecule has 0 aliphatic rings. The molecule has 0 fully saturated rings. The van der Waals surface area contributed by atoms with Crippen LogP contribution in [0.2, 0.25) is 0 Å². The summed E-state index contributed by atoms with van der Waals surface area (Å²) in [5, 5.41) is 4.24. The lowest BCUT2D eigenvalue weighted by molar-refractivity contribution is -0.119. The predicted molar refractivity (Wildman–Crippen MR) is 100 cm³/mol. The van der Waals surface area contributed by atoms with Gasteiger partial charge in [0.1, 0.15) is 0 Å². The van der Waals surface area contributed by atoms with Gasteiger partial charge >= 0.3 is 12.0 Å². The molecule has 2 N–H and O–H groups in total. The first-order valence-corrected chi connectivity index (χ1v) is 8.75. The van der Waals surface area contributed by atoms with E-state index in [1.807, 2.05) is 27.9 Å². The van der Waals surface area contributed by atoms with Crippen molar-refractivity contribution in [2.24, 2.45) is 0 Å². The minimum Gasteiger partial charge on any atom is -0.465 e. The van der Waals surface area contributed by atoms with Gasteiger partial charge in [0.15, 0.2) is 0 Å². The Bertz CT molecular complexity index is 679. The number of nitrogens with one attached hydrogen (secondary N) is 2. The summed E-state index contributed by atoms with van der Waals surface area (Å²) in [6.45, 7) is 1.67. The zero-order valence-electron chi connectivity index (χ0n) is 11.6. The first kappa shape index (κ1) is 20.8. The van der Waals surface area contributed by atoms with E-state index < -0.39 is 21.7 Å². The van der Waals surface area contributed by atoms with Crippen LogP contribution < -0.4 is 10.6 Å². The molecule has 6 nitrogen and oxygen atoms in total. The number of methoxy groups -OCH3 is 1. The van der Waals surface area contributed by atoms with Gasteiger partial charge in [0.25, 0.3) is 9.70 Å². The summed E-state index contributed by atoms with van der Waals surface area (Å²) in [4.78, 5) is 35.2. The zero-order chi connectivity index (χ0) is 17.9. The van der Waals surface area contributed by atoms with Gasteiger partial charge in [-0.1, -0.05) is 34.8 Å². The number of imide groups is 1. The molecule has 0 aliphatic carbocycles. The number of carbonyl (C=O) groups is 3. The highest BCUT2D eigenvalue weighted by Crippen LogP contribution is 2.33. The molecule has 0 unspecified atom stereocenters. The molecule has 0 atom stereocenters. The Balaban J connectivity index is 3.17. The summed E-state index contributed by atoms with van der Waals surface area (Å²) in [5.74, 6) is -1.77. The number of halogens is 5. The Morgan fingerprint density at radius 3 is 2.35 bits per heavy atom. The molecule has 3 amide bonds. The third-order valence-electron chi connectivity index (χ3n) is 2.58. The fourth-order valence-electron chi connectivity index (χ4n) is 1.50. The molecule has 0 heterocycles. The Labute approximate surface area is 168 Å². The molecule has 0 saturated carbocycles. The van der Waals surface area contributed by atoms with Crippen molar-refractivity contribution in [3.63, 3.8) is 0 Å². The molecule has 0 bridgehead atoms. The van der Waals surface area contributed by atoms with E-state index in [1.54, 1.807) is 6.92 Å². The van der Waals surface area contributed by atoms with Gasteiger partial charge in [-0.05, 0) is 57.1 Å². The number of alkyl halides is 3. The predicted octanol–water partition coefficient (Wildman–Crippen LogP) is 4.17. The molecular weight excluding hydrogens is 549 g/mol. The largest absolute Gasteiger partial charge is 0.465 e. The van der Waals surface area contributed by atoms with Crippen molar-refractivity contribution in [1.29, 1.82) is 0 Å². The summed E-state index contributed by atoms with van der Waals surface area (Å²) in [6.07, 6.45) is 0. The number of benzene rings is 1. The Morgan fingerprint density at radius 1 is 1.30 bits per heavy atom. The van der Waals surface area contributed by atoms with Gasteiger partial charge in [-0.3, -0.25) is 10.1 Å². The van der Waals surface area contributed by atoms with Gasteiger partial charge in [-0.25, -0.2) is 9.59 Å². The molecule has 0 saturated heterocycles. The minimum absolute atomic E-state index is 0.120. The van der Waals surface area contributed by atoms with Crippen LogP contribution in [0.5, 0.6) is 0 Å². The molecular formula is C12H9BrCl3IN2O4. The van der Waals surface area contributed by atoms with Crippen LogP contribution in [0.25, 0.3) is 0 Å². The number of anilines is 1. The fourth-order valence-corrected chi connectivity index (χ4v) is 2.67. The van der Waals surface area contributed by atoms with E-state index in [0.29, 0.717) is 10.0 Å². The minimum atomic E-state index is -2.29. The van der Waals surface area contributed by atoms with Crippen LogP contribution in [0.15, 0.2) is 10.5 Å². The molecule has 1 aromatic rings. The van der Waals surface area contributed by atoms with E-state index in [9.17, 15) is 14.4 Å². The van der Waals surface area contributed by atoms with Crippen LogP contribution in [0, 0.1) is 10.5 Å². The highest BCUT2D eigenvalue weighted by Gasteiger charge is 2.32. The summed E-state index contributed by atoms with van der Waals surface area (Å²) in [7, 11) is 1.21. The number of esters is 1. The van der Waals surface area contributed by atoms with E-state index >= 15 is 0 Å². The topological polar surface area (TPSA) is 84.5 Å². The van der Waals surface area contributed by atoms with Crippen LogP contribution in [0.4, 0.5) is 10.5 Å². The van der Waals surface area contributed by atoms with Crippen LogP contribution in [0.1, 0.15) is 15.9 Å². The van der Waals surface area contributed by atoms with Gasteiger partial charge in [-0.2, -0.15) is 0 Å². The monoisotopic (exact) mass is 556 g/mol. The van der Waals surface area contributed by atoms with Crippen molar-refractivity contribution in [3.05, 3.63) is 25.2 Å². The van der Waals surface area contributed by atoms with Crippen molar-refractivity contribution >= 4 is 96.9 Å². The van der Waals surface area contributed by atoms with Crippen molar-refractivity contribution in [2.45, 2.75) is 10.7 Å². The summed E-state index contributed by atoms with van der Waals surface area (Å²) in [6, 6.07) is 0.568. The molecule has 0 radical (unpaired) electrons. The standard InChI is InChI=1S/C12H9BrCl3IN2O4/c1-4-7(13)6(17)3-5(9(20)23-2)8(4)18-11(22)19-10(21)12(14,15)16/h3H,1-2H3,(H2,18,19,21,22). The van der Waals surface area contributed by atoms with Crippen molar-refractivity contribution in [3.8, 4) is 0 Å². The SMILES string of the molecule is COC(=O)c1cc(I)c(Br)c(C)c1NC(=O)NC(=O)C(Cl)(Cl)Cl. The fraction of sp³-hybridized carbons (Fsp3) is 0.250. The van der Waals surface area contributed by atoms with Crippen molar-refractivity contribution < 1.29 is 19.1 Å². The van der Waals surface area contributed by atoms with Crippen LogP contribution in [-0.4, -0.2) is 28.8 Å². The third-order valence-corrected chi connectivity index (χ3v) is 5.71. The van der Waals surface area contributed by atoms with Crippen molar-refractivity contribution in [1.82, 2.24) is 5.32 Å². The van der Waals surface area contributed by atoms with Crippen LogP contribution in [-0.2, 0) is 9.53 Å². The van der Waals surface area contributed by atoms with E-state index in [0.717, 1.165) is 3.57 Å². The summed E-state index contributed by atoms with van der Waals surface area (Å²) in [5.41, 5.74) is 0.849. The maximum Gasteiger partial charge on any atom is 0.340 e. The second-order valence-electron chi connectivity index (χ2n) is 4.12. The molecule has 11 heteroatoms. The van der Waals surface area contributed by atoms with Crippen LogP contribution >= 0.6 is 73.3 Å². The molecule has 0 aromatic heterocycles. The maximum atomic E-state index is 11.9. The van der Waals surface area contributed by atoms with E-state index in [4.69, 9.17) is 34.8 Å². The molecule has 126 valence electrons. The van der Waals surface area contributed by atoms with E-state index in [2.05, 4.69) is 26.0 Å². The average Bonchev–Trinajstić information content (AvgIpc) is 2.45. The third kappa shape index (κ3) is 5.35. The quantitative estimate of drug-likeness (QED) is 0.325. The van der Waals surface area contributed by atoms with Crippen LogP contribution in [0.3, 0.4) is 0 Å². The lowest BCUT2D eigenvalue weighted by Gasteiger charge is -2.16. The van der Waals surface area contributed by atoms with Gasteiger partial charge < -0.3 is 10.1 Å². The smallest absolute Gasteiger partial charge is 0.340 e. The second kappa shape index (κ2) is 8.19. The first-order valence-electron chi connectivity index (χ1n) is 5.75. The first-order chi connectivity index (χ1) is 10.5. The Morgan fingerprint density at radius 2 is 1.87 bits per heavy atom. The number of hydrogen-bond donors (Lipinski definition) is 2. The number of rotatable bonds is 2. The summed E-state index contributed by atoms with van der Waals surface area (Å²) < 4.78 is 3.81. The lowest BCUT2D eigenvalue weighted by atomic mass is 10.1. The second-order valence-corrected chi connectivity index (χ2v) is 8.35. The van der Waals surface area contributed by atoms with Crippen molar-refractivity contribution in [2.75, 3.05) is 12.4 Å². The van der Waals surface area contributed by atoms with Gasteiger partial charge in [0, 0.05) is 8.04 Å². The van der Waals surface area contributed by atoms with Gasteiger partial charge in [0.2, 0.25) is 0 Å². The van der Waals surface area contributed by atoms with E-state index in [-0.39, 0.29) is 11.3 Å². The number of hydrogen-bond acceptors (Lipinski definition) is 4. The van der Waals surface area contributed by atoms with Gasteiger partial charge in [-0.15, -0.1) is 0 Å². The highest BCUT2D eigenvalue weighted by atomic mass is 127. The molecule has 0 spiro atoms. The molecule has 0 aliphatic heterocycles.